The van der Waals surface area contributed by atoms with Crippen molar-refractivity contribution in [2.24, 2.45) is 5.10 Å². The molecule has 1 aromatic carbocycles. The summed E-state index contributed by atoms with van der Waals surface area (Å²) in [4.78, 5) is 3.95. The number of hydrogen-bond donors (Lipinski definition) is 1. The SMILES string of the molecule is COc1ccc(C=Nn2cc(C)nc2N)cc1OC(F)(F)F. The van der Waals surface area contributed by atoms with Gasteiger partial charge in [-0.25, -0.2) is 9.66 Å². The van der Waals surface area contributed by atoms with E-state index in [1.54, 1.807) is 13.1 Å². The van der Waals surface area contributed by atoms with Crippen LogP contribution in [0.5, 0.6) is 11.5 Å². The summed E-state index contributed by atoms with van der Waals surface area (Å²) in [7, 11) is 1.25. The van der Waals surface area contributed by atoms with Crippen LogP contribution >= 0.6 is 0 Å². The highest BCUT2D eigenvalue weighted by atomic mass is 19.4. The monoisotopic (exact) mass is 314 g/mol. The minimum atomic E-state index is -4.81. The van der Waals surface area contributed by atoms with E-state index in [1.807, 2.05) is 0 Å². The first-order valence-corrected chi connectivity index (χ1v) is 6.08. The molecular formula is C13H13F3N4O2. The first-order valence-electron chi connectivity index (χ1n) is 6.08. The molecule has 0 amide bonds. The van der Waals surface area contributed by atoms with Crippen LogP contribution in [0.15, 0.2) is 29.5 Å². The number of nitrogen functional groups attached to an aromatic ring is 1. The van der Waals surface area contributed by atoms with Gasteiger partial charge in [0.25, 0.3) is 0 Å². The molecule has 0 spiro atoms. The molecule has 2 N–H and O–H groups in total. The summed E-state index contributed by atoms with van der Waals surface area (Å²) in [5, 5.41) is 4.02. The molecule has 2 rings (SSSR count). The maximum atomic E-state index is 12.4. The lowest BCUT2D eigenvalue weighted by atomic mass is 10.2. The highest BCUT2D eigenvalue weighted by Crippen LogP contribution is 2.32. The van der Waals surface area contributed by atoms with Gasteiger partial charge < -0.3 is 15.2 Å². The van der Waals surface area contributed by atoms with Gasteiger partial charge in [-0.15, -0.1) is 13.2 Å². The summed E-state index contributed by atoms with van der Waals surface area (Å²) in [5.74, 6) is -0.310. The predicted molar refractivity (Wildman–Crippen MR) is 74.0 cm³/mol. The minimum absolute atomic E-state index is 0.0348. The third-order valence-electron chi connectivity index (χ3n) is 2.58. The van der Waals surface area contributed by atoms with Crippen molar-refractivity contribution in [3.8, 4) is 11.5 Å². The van der Waals surface area contributed by atoms with Gasteiger partial charge in [-0.3, -0.25) is 0 Å². The summed E-state index contributed by atoms with van der Waals surface area (Å²) < 4.78 is 47.1. The lowest BCUT2D eigenvalue weighted by molar-refractivity contribution is -0.275. The van der Waals surface area contributed by atoms with Crippen LogP contribution in [0.3, 0.4) is 0 Å². The third kappa shape index (κ3) is 3.90. The molecule has 0 unspecified atom stereocenters. The van der Waals surface area contributed by atoms with Gasteiger partial charge in [0, 0.05) is 0 Å². The Labute approximate surface area is 124 Å². The molecule has 0 atom stereocenters. The van der Waals surface area contributed by atoms with Crippen LogP contribution in [0, 0.1) is 6.92 Å². The van der Waals surface area contributed by atoms with Gasteiger partial charge in [0.2, 0.25) is 5.95 Å². The largest absolute Gasteiger partial charge is 0.573 e. The smallest absolute Gasteiger partial charge is 0.493 e. The van der Waals surface area contributed by atoms with Crippen molar-refractivity contribution >= 4 is 12.2 Å². The van der Waals surface area contributed by atoms with E-state index in [2.05, 4.69) is 14.8 Å². The molecule has 0 aliphatic rings. The zero-order valence-electron chi connectivity index (χ0n) is 11.8. The molecule has 9 heteroatoms. The number of hydrogen-bond acceptors (Lipinski definition) is 5. The Morgan fingerprint density at radius 1 is 1.32 bits per heavy atom. The third-order valence-corrected chi connectivity index (χ3v) is 2.58. The van der Waals surface area contributed by atoms with Crippen LogP contribution in [-0.2, 0) is 0 Å². The van der Waals surface area contributed by atoms with Crippen molar-refractivity contribution in [1.82, 2.24) is 9.66 Å². The van der Waals surface area contributed by atoms with Gasteiger partial charge >= 0.3 is 6.36 Å². The van der Waals surface area contributed by atoms with Crippen molar-refractivity contribution in [3.63, 3.8) is 0 Å². The summed E-state index contributed by atoms with van der Waals surface area (Å²) in [6.07, 6.45) is -1.89. The molecule has 1 heterocycles. The van der Waals surface area contributed by atoms with Gasteiger partial charge in [0.15, 0.2) is 11.5 Å². The number of methoxy groups -OCH3 is 1. The number of nitrogens with two attached hydrogens (primary N) is 1. The van der Waals surface area contributed by atoms with Gasteiger partial charge in [-0.2, -0.15) is 5.10 Å². The maximum absolute atomic E-state index is 12.4. The molecule has 0 fully saturated rings. The van der Waals surface area contributed by atoms with Crippen molar-refractivity contribution in [3.05, 3.63) is 35.7 Å². The van der Waals surface area contributed by atoms with Gasteiger partial charge in [-0.1, -0.05) is 0 Å². The lowest BCUT2D eigenvalue weighted by Gasteiger charge is -2.12. The number of alkyl halides is 3. The average molecular weight is 314 g/mol. The fourth-order valence-electron chi connectivity index (χ4n) is 1.70. The number of aromatic nitrogens is 2. The summed E-state index contributed by atoms with van der Waals surface area (Å²) in [5.41, 5.74) is 6.66. The number of anilines is 1. The molecule has 2 aromatic rings. The van der Waals surface area contributed by atoms with Crippen LogP contribution in [0.1, 0.15) is 11.3 Å². The minimum Gasteiger partial charge on any atom is -0.493 e. The van der Waals surface area contributed by atoms with E-state index in [-0.39, 0.29) is 11.7 Å². The summed E-state index contributed by atoms with van der Waals surface area (Å²) >= 11 is 0. The molecule has 0 saturated heterocycles. The molecule has 0 radical (unpaired) electrons. The fraction of sp³-hybridized carbons (Fsp3) is 0.231. The number of benzene rings is 1. The number of aryl methyl sites for hydroxylation is 1. The van der Waals surface area contributed by atoms with Gasteiger partial charge in [0.05, 0.1) is 25.2 Å². The number of nitrogens with zero attached hydrogens (tertiary/aromatic N) is 3. The molecule has 0 saturated carbocycles. The van der Waals surface area contributed by atoms with Gasteiger partial charge in [-0.05, 0) is 30.7 Å². The number of imidazole rings is 1. The topological polar surface area (TPSA) is 74.7 Å². The van der Waals surface area contributed by atoms with Crippen LogP contribution in [0.4, 0.5) is 19.1 Å². The van der Waals surface area contributed by atoms with E-state index >= 15 is 0 Å². The van der Waals surface area contributed by atoms with E-state index < -0.39 is 12.1 Å². The lowest BCUT2D eigenvalue weighted by Crippen LogP contribution is -2.17. The van der Waals surface area contributed by atoms with E-state index in [4.69, 9.17) is 10.5 Å². The number of rotatable bonds is 4. The Morgan fingerprint density at radius 3 is 2.59 bits per heavy atom. The Balaban J connectivity index is 2.28. The standard InChI is InChI=1S/C13H13F3N4O2/c1-8-7-20(12(17)19-8)18-6-9-3-4-10(21-2)11(5-9)22-13(14,15)16/h3-7H,1-2H3,(H2,17,19). The van der Waals surface area contributed by atoms with E-state index in [0.29, 0.717) is 11.3 Å². The molecule has 6 nitrogen and oxygen atoms in total. The first-order chi connectivity index (χ1) is 10.3. The Kier molecular flexibility index (Phi) is 4.25. The quantitative estimate of drug-likeness (QED) is 0.880. The maximum Gasteiger partial charge on any atom is 0.573 e. The second-order valence-corrected chi connectivity index (χ2v) is 4.29. The second kappa shape index (κ2) is 5.96. The molecular weight excluding hydrogens is 301 g/mol. The van der Waals surface area contributed by atoms with Crippen LogP contribution < -0.4 is 15.2 Å². The molecule has 118 valence electrons. The zero-order valence-corrected chi connectivity index (χ0v) is 11.8. The number of ether oxygens (including phenoxy) is 2. The molecule has 0 aliphatic heterocycles. The zero-order chi connectivity index (χ0) is 16.3. The van der Waals surface area contributed by atoms with Crippen molar-refractivity contribution in [1.29, 1.82) is 0 Å². The molecule has 0 bridgehead atoms. The average Bonchev–Trinajstić information content (AvgIpc) is 2.73. The summed E-state index contributed by atoms with van der Waals surface area (Å²) in [6.45, 7) is 1.74. The van der Waals surface area contributed by atoms with Crippen LogP contribution in [0.25, 0.3) is 0 Å². The van der Waals surface area contributed by atoms with E-state index in [1.165, 1.54) is 30.1 Å². The van der Waals surface area contributed by atoms with Crippen molar-refractivity contribution in [2.45, 2.75) is 13.3 Å². The Morgan fingerprint density at radius 2 is 2.05 bits per heavy atom. The first kappa shape index (κ1) is 15.7. The normalized spacial score (nSPS) is 11.9. The second-order valence-electron chi connectivity index (χ2n) is 4.29. The summed E-state index contributed by atoms with van der Waals surface area (Å²) in [6, 6.07) is 4.05. The van der Waals surface area contributed by atoms with Crippen molar-refractivity contribution < 1.29 is 22.6 Å². The molecule has 22 heavy (non-hydrogen) atoms. The number of halogens is 3. The molecule has 0 aliphatic carbocycles. The van der Waals surface area contributed by atoms with Crippen molar-refractivity contribution in [2.75, 3.05) is 12.8 Å². The highest BCUT2D eigenvalue weighted by Gasteiger charge is 2.32. The predicted octanol–water partition coefficient (Wildman–Crippen LogP) is 2.56. The van der Waals surface area contributed by atoms with Gasteiger partial charge in [0.1, 0.15) is 0 Å². The fourth-order valence-corrected chi connectivity index (χ4v) is 1.70. The highest BCUT2D eigenvalue weighted by molar-refractivity contribution is 5.81. The van der Waals surface area contributed by atoms with E-state index in [0.717, 1.165) is 6.07 Å². The van der Waals surface area contributed by atoms with E-state index in [9.17, 15) is 13.2 Å². The van der Waals surface area contributed by atoms with Crippen LogP contribution in [-0.4, -0.2) is 29.3 Å². The van der Waals surface area contributed by atoms with Crippen LogP contribution in [0.2, 0.25) is 0 Å². The molecule has 1 aromatic heterocycles. The Hall–Kier alpha value is -2.71. The Bertz CT molecular complexity index is 695.